The van der Waals surface area contributed by atoms with Crippen molar-refractivity contribution in [2.75, 3.05) is 18.6 Å². The van der Waals surface area contributed by atoms with Crippen LogP contribution in [0.1, 0.15) is 33.1 Å². The van der Waals surface area contributed by atoms with Gasteiger partial charge in [0.15, 0.2) is 8.68 Å². The molecule has 0 saturated heterocycles. The van der Waals surface area contributed by atoms with Gasteiger partial charge in [-0.3, -0.25) is 0 Å². The lowest BCUT2D eigenvalue weighted by atomic mass is 10.1. The quantitative estimate of drug-likeness (QED) is 0.556. The Hall–Kier alpha value is 0.220. The molecule has 1 N–H and O–H groups in total. The maximum absolute atomic E-state index is 4.15. The minimum Gasteiger partial charge on any atom is -0.315 e. The zero-order valence-corrected chi connectivity index (χ0v) is 13.2. The topological polar surface area (TPSA) is 37.8 Å². The molecule has 0 aliphatic carbocycles. The first-order chi connectivity index (χ1) is 8.26. The first kappa shape index (κ1) is 15.3. The van der Waals surface area contributed by atoms with Crippen molar-refractivity contribution < 1.29 is 0 Å². The number of nitrogens with one attached hydrogen (secondary N) is 1. The van der Waals surface area contributed by atoms with Crippen molar-refractivity contribution in [2.45, 2.75) is 47.8 Å². The Kier molecular flexibility index (Phi) is 8.26. The van der Waals surface area contributed by atoms with Gasteiger partial charge in [0.2, 0.25) is 0 Å². The molecule has 1 rings (SSSR count). The lowest BCUT2D eigenvalue weighted by Gasteiger charge is -2.10. The molecular weight excluding hydrogens is 270 g/mol. The van der Waals surface area contributed by atoms with Crippen LogP contribution in [0, 0.1) is 0 Å². The summed E-state index contributed by atoms with van der Waals surface area (Å²) in [7, 11) is 0. The highest BCUT2D eigenvalue weighted by molar-refractivity contribution is 8.02. The van der Waals surface area contributed by atoms with E-state index in [1.54, 1.807) is 23.1 Å². The second kappa shape index (κ2) is 9.19. The molecule has 0 saturated carbocycles. The van der Waals surface area contributed by atoms with E-state index < -0.39 is 0 Å². The third kappa shape index (κ3) is 6.64. The van der Waals surface area contributed by atoms with Crippen molar-refractivity contribution >= 4 is 34.9 Å². The summed E-state index contributed by atoms with van der Waals surface area (Å²) in [6, 6.07) is 0.648. The third-order valence-corrected chi connectivity index (χ3v) is 5.49. The molecule has 6 heteroatoms. The van der Waals surface area contributed by atoms with Crippen molar-refractivity contribution in [1.82, 2.24) is 15.5 Å². The fraction of sp³-hybridized carbons (Fsp3) is 0.818. The van der Waals surface area contributed by atoms with E-state index in [4.69, 9.17) is 0 Å². The number of hydrogen-bond acceptors (Lipinski definition) is 6. The lowest BCUT2D eigenvalue weighted by molar-refractivity contribution is 0.510. The molecule has 1 heterocycles. The third-order valence-electron chi connectivity index (χ3n) is 2.37. The van der Waals surface area contributed by atoms with Gasteiger partial charge in [0.25, 0.3) is 0 Å². The van der Waals surface area contributed by atoms with Crippen LogP contribution in [-0.4, -0.2) is 34.8 Å². The van der Waals surface area contributed by atoms with Crippen molar-refractivity contribution in [2.24, 2.45) is 0 Å². The molecule has 1 aromatic rings. The van der Waals surface area contributed by atoms with Crippen LogP contribution in [-0.2, 0) is 0 Å². The highest BCUT2D eigenvalue weighted by atomic mass is 32.2. The van der Waals surface area contributed by atoms with Crippen LogP contribution in [0.5, 0.6) is 0 Å². The highest BCUT2D eigenvalue weighted by Crippen LogP contribution is 2.27. The zero-order valence-electron chi connectivity index (χ0n) is 10.7. The summed E-state index contributed by atoms with van der Waals surface area (Å²) in [4.78, 5) is 0. The Labute approximate surface area is 117 Å². The normalized spacial score (nSPS) is 12.9. The first-order valence-electron chi connectivity index (χ1n) is 6.00. The smallest absolute Gasteiger partial charge is 0.175 e. The molecular formula is C11H21N3S3. The molecule has 1 atom stereocenters. The van der Waals surface area contributed by atoms with Crippen LogP contribution in [0.2, 0.25) is 0 Å². The average Bonchev–Trinajstić information content (AvgIpc) is 2.77. The van der Waals surface area contributed by atoms with E-state index in [1.807, 2.05) is 18.0 Å². The largest absolute Gasteiger partial charge is 0.315 e. The van der Waals surface area contributed by atoms with Gasteiger partial charge in [-0.05, 0) is 32.6 Å². The monoisotopic (exact) mass is 291 g/mol. The van der Waals surface area contributed by atoms with Crippen LogP contribution in [0.25, 0.3) is 0 Å². The van der Waals surface area contributed by atoms with Crippen LogP contribution < -0.4 is 5.32 Å². The second-order valence-corrected chi connectivity index (χ2v) is 7.21. The second-order valence-electron chi connectivity index (χ2n) is 3.84. The fourth-order valence-electron chi connectivity index (χ4n) is 1.50. The number of nitrogens with zero attached hydrogens (tertiary/aromatic N) is 2. The zero-order chi connectivity index (χ0) is 12.5. The molecule has 0 spiro atoms. The Morgan fingerprint density at radius 2 is 2.06 bits per heavy atom. The van der Waals surface area contributed by atoms with Gasteiger partial charge in [-0.2, -0.15) is 0 Å². The predicted molar refractivity (Wildman–Crippen MR) is 79.4 cm³/mol. The first-order valence-corrected chi connectivity index (χ1v) is 9.02. The van der Waals surface area contributed by atoms with E-state index in [9.17, 15) is 0 Å². The maximum atomic E-state index is 4.15. The van der Waals surface area contributed by atoms with E-state index in [1.165, 1.54) is 19.3 Å². The molecule has 0 fully saturated rings. The number of aromatic nitrogens is 2. The summed E-state index contributed by atoms with van der Waals surface area (Å²) >= 11 is 5.20. The molecule has 0 aromatic carbocycles. The summed E-state index contributed by atoms with van der Waals surface area (Å²) in [6.45, 7) is 5.48. The molecule has 0 aliphatic rings. The molecule has 98 valence electrons. The van der Waals surface area contributed by atoms with E-state index in [2.05, 4.69) is 29.4 Å². The SMILES string of the molecule is CCNC(C)CCCCSc1nnc(SC)s1. The number of unbranched alkanes of at least 4 members (excludes halogenated alkanes) is 1. The van der Waals surface area contributed by atoms with Gasteiger partial charge >= 0.3 is 0 Å². The Balaban J connectivity index is 2.04. The molecule has 17 heavy (non-hydrogen) atoms. The van der Waals surface area contributed by atoms with Crippen molar-refractivity contribution in [3.63, 3.8) is 0 Å². The van der Waals surface area contributed by atoms with Crippen molar-refractivity contribution in [3.05, 3.63) is 0 Å². The van der Waals surface area contributed by atoms with E-state index >= 15 is 0 Å². The van der Waals surface area contributed by atoms with Crippen LogP contribution in [0.3, 0.4) is 0 Å². The molecule has 3 nitrogen and oxygen atoms in total. The van der Waals surface area contributed by atoms with Gasteiger partial charge in [-0.25, -0.2) is 0 Å². The molecule has 0 radical (unpaired) electrons. The molecule has 0 amide bonds. The van der Waals surface area contributed by atoms with Gasteiger partial charge in [-0.1, -0.05) is 48.2 Å². The van der Waals surface area contributed by atoms with Crippen LogP contribution in [0.4, 0.5) is 0 Å². The summed E-state index contributed by atoms with van der Waals surface area (Å²) < 4.78 is 2.17. The summed E-state index contributed by atoms with van der Waals surface area (Å²) in [5.41, 5.74) is 0. The van der Waals surface area contributed by atoms with E-state index in [-0.39, 0.29) is 0 Å². The number of rotatable bonds is 9. The van der Waals surface area contributed by atoms with Crippen molar-refractivity contribution in [3.8, 4) is 0 Å². The predicted octanol–water partition coefficient (Wildman–Crippen LogP) is 3.52. The Bertz CT molecular complexity index is 304. The Morgan fingerprint density at radius 1 is 1.29 bits per heavy atom. The molecule has 1 unspecified atom stereocenters. The average molecular weight is 292 g/mol. The lowest BCUT2D eigenvalue weighted by Crippen LogP contribution is -2.25. The highest BCUT2D eigenvalue weighted by Gasteiger charge is 2.04. The van der Waals surface area contributed by atoms with Crippen molar-refractivity contribution in [1.29, 1.82) is 0 Å². The Morgan fingerprint density at radius 3 is 2.71 bits per heavy atom. The van der Waals surface area contributed by atoms with Gasteiger partial charge < -0.3 is 5.32 Å². The summed E-state index contributed by atoms with van der Waals surface area (Å²) in [5.74, 6) is 1.15. The minimum absolute atomic E-state index is 0.648. The summed E-state index contributed by atoms with van der Waals surface area (Å²) in [6.07, 6.45) is 5.85. The number of hydrogen-bond donors (Lipinski definition) is 1. The molecule has 0 bridgehead atoms. The standard InChI is InChI=1S/C11H21N3S3/c1-4-12-9(2)7-5-6-8-16-11-14-13-10(15-3)17-11/h9,12H,4-8H2,1-3H3. The van der Waals surface area contributed by atoms with Gasteiger partial charge in [0.05, 0.1) is 0 Å². The van der Waals surface area contributed by atoms with E-state index in [0.29, 0.717) is 6.04 Å². The minimum atomic E-state index is 0.648. The van der Waals surface area contributed by atoms with Gasteiger partial charge in [0.1, 0.15) is 0 Å². The number of thioether (sulfide) groups is 2. The fourth-order valence-corrected chi connectivity index (χ4v) is 4.01. The summed E-state index contributed by atoms with van der Waals surface area (Å²) in [5, 5.41) is 11.7. The van der Waals surface area contributed by atoms with Gasteiger partial charge in [0, 0.05) is 11.8 Å². The van der Waals surface area contributed by atoms with Crippen LogP contribution >= 0.6 is 34.9 Å². The van der Waals surface area contributed by atoms with Gasteiger partial charge in [-0.15, -0.1) is 10.2 Å². The maximum Gasteiger partial charge on any atom is 0.175 e. The van der Waals surface area contributed by atoms with E-state index in [0.717, 1.165) is 21.0 Å². The van der Waals surface area contributed by atoms with Crippen LogP contribution in [0.15, 0.2) is 8.68 Å². The molecule has 1 aromatic heterocycles. The molecule has 0 aliphatic heterocycles.